The molecule has 2 unspecified atom stereocenters. The zero-order valence-electron chi connectivity index (χ0n) is 74.6. The molecular weight excluding hydrogens is 2760 g/mol. The molecule has 1 aromatic carbocycles. The molecule has 0 aliphatic heterocycles. The minimum Gasteiger partial charge on any atom is -0.574 e. The first kappa shape index (κ1) is 124. The van der Waals surface area contributed by atoms with Crippen molar-refractivity contribution in [3.8, 4) is 103 Å². The van der Waals surface area contributed by atoms with E-state index in [4.69, 9.17) is 5.11 Å². The standard InChI is InChI=1S/C20H20N3.2C9H5F3N3.2C9H8N3.4C8H7N4.C6H5NO2.5CH4.5Pt/c1-19(2)14-8-10-20(19,3)18-15(14)17(22-23-18)16-13-7-5-4-6-12(13)9-11-21-16;2*10-9(11,12)8-5-7(14-15-8)6-3-1-2-4-13-6;2*1-7-6-9(12-11-7)8-4-2-3-5-10-8;2*1-6-4-7(12-11-6)8-5-9-2-3-10-8;2*1-6-10-8(12-11-6)7-4-2-3-5-9-7;8-6(9)5-3-1-2-4-7-5;;;;;;;;;;/h4-7,9,11,14H,8,10H2,1-3H3;2*1-5H;2*2-6H,1H3;4*2-5H,1H3;1-4H,(H,8,9);5*1H4;;;;;/q9*-1;;;;;;;;4*+2. The quantitative estimate of drug-likeness (QED) is 0.124. The first-order valence-electron chi connectivity index (χ1n) is 40.9. The van der Waals surface area contributed by atoms with Gasteiger partial charge in [0, 0.05) is 169 Å². The average molecular weight is 2860 g/mol. The van der Waals surface area contributed by atoms with E-state index < -0.39 is 29.7 Å². The van der Waals surface area contributed by atoms with E-state index in [2.05, 4.69) is 213 Å². The predicted molar refractivity (Wildman–Crippen MR) is 512 cm³/mol. The van der Waals surface area contributed by atoms with Gasteiger partial charge in [0.15, 0.2) is 0 Å². The molecule has 0 spiro atoms. The van der Waals surface area contributed by atoms with Gasteiger partial charge in [-0.2, -0.15) is 26.3 Å². The third-order valence-electron chi connectivity index (χ3n) is 20.2. The van der Waals surface area contributed by atoms with E-state index >= 15 is 0 Å². The van der Waals surface area contributed by atoms with E-state index in [1.165, 1.54) is 59.5 Å². The third-order valence-corrected chi connectivity index (χ3v) is 20.2. The maximum Gasteiger partial charge on any atom is 2.00 e. The molecule has 22 rings (SSSR count). The van der Waals surface area contributed by atoms with Crippen molar-refractivity contribution in [2.45, 2.75) is 136 Å². The molecule has 20 aromatic rings. The van der Waals surface area contributed by atoms with Crippen molar-refractivity contribution >= 4 is 16.7 Å². The second kappa shape index (κ2) is 59.2. The fraction of sp³-hybridized carbons (Fsp3) is 0.212. The predicted octanol–water partition coefficient (Wildman–Crippen LogP) is 18.7. The minimum absolute atomic E-state index is 0. The number of carboxylic acids is 1. The summed E-state index contributed by atoms with van der Waals surface area (Å²) in [5, 5.41) is 79.6. The van der Waals surface area contributed by atoms with E-state index in [0.29, 0.717) is 40.6 Å². The molecular formula is C99H99F6N32O2Pt5-. The van der Waals surface area contributed by atoms with Crippen LogP contribution in [0.15, 0.2) is 281 Å². The van der Waals surface area contributed by atoms with Crippen molar-refractivity contribution in [2.75, 3.05) is 0 Å². The number of rotatable bonds is 10. The second-order valence-electron chi connectivity index (χ2n) is 29.9. The summed E-state index contributed by atoms with van der Waals surface area (Å²) < 4.78 is 73.2. The molecule has 760 valence electrons. The molecule has 0 saturated heterocycles. The van der Waals surface area contributed by atoms with Gasteiger partial charge in [0.05, 0.1) is 40.9 Å². The Bertz CT molecular complexity index is 6330. The van der Waals surface area contributed by atoms with Gasteiger partial charge in [-0.3, -0.25) is 65.0 Å². The van der Waals surface area contributed by atoms with E-state index in [9.17, 15) is 31.1 Å². The summed E-state index contributed by atoms with van der Waals surface area (Å²) in [6.45, 7) is 18.4. The number of aromatic nitrogens is 32. The Labute approximate surface area is 900 Å². The minimum atomic E-state index is -4.46. The molecule has 2 bridgehead atoms. The number of alkyl halides is 6. The summed E-state index contributed by atoms with van der Waals surface area (Å²) in [6, 6.07) is 57.1. The van der Waals surface area contributed by atoms with Crippen LogP contribution in [-0.2, 0) is 123 Å². The molecule has 0 radical (unpaired) electrons. The zero-order valence-corrected chi connectivity index (χ0v) is 85.9. The van der Waals surface area contributed by atoms with Gasteiger partial charge in [-0.15, -0.1) is 0 Å². The Kier molecular flexibility index (Phi) is 51.1. The summed E-state index contributed by atoms with van der Waals surface area (Å²) in [5.74, 6) is 2.09. The van der Waals surface area contributed by atoms with Crippen LogP contribution in [-0.4, -0.2) is 127 Å². The Morgan fingerprint density at radius 3 is 0.986 bits per heavy atom. The molecule has 34 nitrogen and oxygen atoms in total. The fourth-order valence-electron chi connectivity index (χ4n) is 13.4. The summed E-state index contributed by atoms with van der Waals surface area (Å²) in [6.07, 6.45) is 16.6. The van der Waals surface area contributed by atoms with Gasteiger partial charge < -0.3 is 96.7 Å². The molecule has 144 heavy (non-hydrogen) atoms. The smallest absolute Gasteiger partial charge is 0.574 e. The maximum atomic E-state index is 12.2. The van der Waals surface area contributed by atoms with Gasteiger partial charge >= 0.3 is 103 Å². The number of carbonyl (C=O) groups is 1. The van der Waals surface area contributed by atoms with Crippen LogP contribution in [0.1, 0.15) is 144 Å². The van der Waals surface area contributed by atoms with Crippen LogP contribution in [0.25, 0.3) is 114 Å². The SMILES string of the molecule is C.C.C.C.C.CC12CCC(c3c1n[n-]c3-c1nccc3ccccc13)C2(C)C.Cc1cc(-c2ccccn2)[n-]n1.Cc1cc(-c2ccccn2)[n-]n1.Cc1cc(-c2cnccn2)[n-]n1.Cc1cc(-c2cnccn2)[n-]n1.Cc1n[n-]c(-c2ccccn2)n1.Cc1n[n-]c(-c2ccccn2)n1.FC(F)(F)c1cc(-c2ccccn2)[n-]n1.FC(F)(F)c1cc(-c2ccccn2)[n-]n1.O=C(O)c1ccccn1.[Pt+2].[Pt+2].[Pt+2].[Pt+2].[Pt]. The maximum absolute atomic E-state index is 12.2. The Morgan fingerprint density at radius 2 is 0.688 bits per heavy atom. The van der Waals surface area contributed by atoms with Gasteiger partial charge in [-0.25, -0.2) is 9.78 Å². The summed E-state index contributed by atoms with van der Waals surface area (Å²) >= 11 is 0. The van der Waals surface area contributed by atoms with Crippen LogP contribution in [0, 0.1) is 47.0 Å². The average Bonchev–Trinajstić information content (AvgIpc) is 1.52. The normalized spacial score (nSPS) is 12.4. The topological polar surface area (TPSA) is 461 Å². The largest absolute Gasteiger partial charge is 2.00 e. The second-order valence-corrected chi connectivity index (χ2v) is 29.9. The van der Waals surface area contributed by atoms with E-state index in [-0.39, 0.29) is 170 Å². The zero-order chi connectivity index (χ0) is 94.6. The van der Waals surface area contributed by atoms with Crippen LogP contribution in [0.4, 0.5) is 26.3 Å². The summed E-state index contributed by atoms with van der Waals surface area (Å²) in [5.41, 5.74) is 15.8. The van der Waals surface area contributed by atoms with Crippen LogP contribution < -0.4 is 45.9 Å². The molecule has 1 N–H and O–H groups in total. The van der Waals surface area contributed by atoms with Gasteiger partial charge in [0.1, 0.15) is 17.1 Å². The van der Waals surface area contributed by atoms with Crippen molar-refractivity contribution < 1.29 is 142 Å². The molecule has 2 aliphatic carbocycles. The van der Waals surface area contributed by atoms with Crippen molar-refractivity contribution in [2.24, 2.45) is 5.41 Å². The Hall–Kier alpha value is -13.9. The van der Waals surface area contributed by atoms with Crippen molar-refractivity contribution in [1.29, 1.82) is 0 Å². The van der Waals surface area contributed by atoms with E-state index in [1.807, 2.05) is 131 Å². The van der Waals surface area contributed by atoms with Crippen LogP contribution >= 0.6 is 0 Å². The summed E-state index contributed by atoms with van der Waals surface area (Å²) in [4.78, 5) is 66.9. The van der Waals surface area contributed by atoms with E-state index in [0.717, 1.165) is 103 Å². The number of aryl methyl sites for hydroxylation is 6. The molecule has 2 atom stereocenters. The van der Waals surface area contributed by atoms with Crippen LogP contribution in [0.5, 0.6) is 0 Å². The number of carboxylic acid groups (broad SMARTS) is 1. The van der Waals surface area contributed by atoms with Gasteiger partial charge in [-0.05, 0) is 191 Å². The molecule has 1 saturated carbocycles. The van der Waals surface area contributed by atoms with Gasteiger partial charge in [0.2, 0.25) is 0 Å². The first-order valence-corrected chi connectivity index (χ1v) is 40.9. The monoisotopic (exact) mass is 2860 g/mol. The Morgan fingerprint density at radius 1 is 0.354 bits per heavy atom. The number of pyridine rings is 8. The molecule has 2 aliphatic rings. The van der Waals surface area contributed by atoms with Crippen molar-refractivity contribution in [1.82, 2.24) is 162 Å². The van der Waals surface area contributed by atoms with Gasteiger partial charge in [-0.1, -0.05) is 189 Å². The fourth-order valence-corrected chi connectivity index (χ4v) is 13.4. The molecule has 19 aromatic heterocycles. The first-order chi connectivity index (χ1) is 64.6. The van der Waals surface area contributed by atoms with E-state index in [1.54, 1.807) is 124 Å². The number of hydrogen-bond acceptors (Lipinski definition) is 24. The van der Waals surface area contributed by atoms with Crippen LogP contribution in [0.2, 0.25) is 0 Å². The molecule has 1 fully saturated rings. The van der Waals surface area contributed by atoms with Crippen LogP contribution in [0.3, 0.4) is 0 Å². The molecule has 19 heterocycles. The number of nitrogens with zero attached hydrogens (tertiary/aromatic N) is 32. The molecule has 0 amide bonds. The van der Waals surface area contributed by atoms with Crippen molar-refractivity contribution in [3.63, 3.8) is 0 Å². The van der Waals surface area contributed by atoms with Crippen molar-refractivity contribution in [3.05, 3.63) is 344 Å². The Balaban J connectivity index is 0.000000412. The number of benzene rings is 1. The number of hydrogen-bond donors (Lipinski definition) is 1. The van der Waals surface area contributed by atoms with Gasteiger partial charge in [0.25, 0.3) is 0 Å². The summed E-state index contributed by atoms with van der Waals surface area (Å²) in [7, 11) is 0. The third kappa shape index (κ3) is 33.9. The molecule has 45 heteroatoms. The number of aromatic carboxylic acids is 1. The number of halogens is 6. The number of fused-ring (bicyclic) bond motifs is 6.